The number of ether oxygens (including phenoxy) is 3. The van der Waals surface area contributed by atoms with E-state index >= 15 is 0 Å². The molecule has 1 aromatic carbocycles. The van der Waals surface area contributed by atoms with E-state index in [0.717, 1.165) is 55.8 Å². The smallest absolute Gasteiger partial charge is 0.180 e. The molecule has 0 atom stereocenters. The third-order valence-corrected chi connectivity index (χ3v) is 5.05. The predicted octanol–water partition coefficient (Wildman–Crippen LogP) is 4.46. The molecule has 0 spiro atoms. The lowest BCUT2D eigenvalue weighted by Crippen LogP contribution is -2.00. The van der Waals surface area contributed by atoms with E-state index in [-0.39, 0.29) is 0 Å². The van der Waals surface area contributed by atoms with Crippen LogP contribution in [-0.2, 0) is 11.2 Å². The Morgan fingerprint density at radius 2 is 1.83 bits per heavy atom. The molecule has 3 heterocycles. The van der Waals surface area contributed by atoms with Gasteiger partial charge in [-0.3, -0.25) is 4.98 Å². The lowest BCUT2D eigenvalue weighted by molar-refractivity contribution is 0.146. The van der Waals surface area contributed by atoms with E-state index in [4.69, 9.17) is 19.2 Å². The number of methoxy groups -OCH3 is 2. The van der Waals surface area contributed by atoms with Gasteiger partial charge in [0.25, 0.3) is 0 Å². The SMILES string of the molecule is COc1cc(Nc2ccc3ncc(CCC4=CCCOCC4)nc3n2)cc(OC)c1. The molecule has 0 aliphatic carbocycles. The Kier molecular flexibility index (Phi) is 6.39. The minimum Gasteiger partial charge on any atom is -0.497 e. The Morgan fingerprint density at radius 1 is 1.00 bits per heavy atom. The molecule has 3 aromatic rings. The number of benzene rings is 1. The summed E-state index contributed by atoms with van der Waals surface area (Å²) in [4.78, 5) is 13.9. The van der Waals surface area contributed by atoms with Crippen molar-refractivity contribution in [1.82, 2.24) is 15.0 Å². The van der Waals surface area contributed by atoms with Crippen molar-refractivity contribution < 1.29 is 14.2 Å². The minimum absolute atomic E-state index is 0.630. The molecule has 0 fully saturated rings. The second-order valence-electron chi connectivity index (χ2n) is 7.14. The first kappa shape index (κ1) is 20.1. The largest absolute Gasteiger partial charge is 0.497 e. The number of aryl methyl sites for hydroxylation is 1. The van der Waals surface area contributed by atoms with Crippen molar-refractivity contribution in [1.29, 1.82) is 0 Å². The number of anilines is 2. The predicted molar refractivity (Wildman–Crippen MR) is 117 cm³/mol. The van der Waals surface area contributed by atoms with Crippen LogP contribution >= 0.6 is 0 Å². The number of pyridine rings is 1. The normalized spacial score (nSPS) is 14.1. The fourth-order valence-electron chi connectivity index (χ4n) is 3.42. The first-order valence-electron chi connectivity index (χ1n) is 10.1. The zero-order valence-corrected chi connectivity index (χ0v) is 17.4. The molecule has 4 rings (SSSR count). The average molecular weight is 406 g/mol. The highest BCUT2D eigenvalue weighted by atomic mass is 16.5. The number of hydrogen-bond donors (Lipinski definition) is 1. The molecule has 2 aromatic heterocycles. The molecular weight excluding hydrogens is 380 g/mol. The lowest BCUT2D eigenvalue weighted by Gasteiger charge is -2.11. The van der Waals surface area contributed by atoms with E-state index in [9.17, 15) is 0 Å². The number of aromatic nitrogens is 3. The summed E-state index contributed by atoms with van der Waals surface area (Å²) in [5.41, 5.74) is 4.61. The first-order valence-corrected chi connectivity index (χ1v) is 10.1. The van der Waals surface area contributed by atoms with E-state index in [1.165, 1.54) is 5.57 Å². The van der Waals surface area contributed by atoms with Gasteiger partial charge in [-0.05, 0) is 37.8 Å². The molecule has 0 bridgehead atoms. The topological polar surface area (TPSA) is 78.4 Å². The van der Waals surface area contributed by atoms with Crippen molar-refractivity contribution in [3.63, 3.8) is 0 Å². The second kappa shape index (κ2) is 9.54. The molecule has 1 aliphatic rings. The molecule has 1 aliphatic heterocycles. The van der Waals surface area contributed by atoms with E-state index in [1.54, 1.807) is 14.2 Å². The number of nitrogens with one attached hydrogen (secondary N) is 1. The van der Waals surface area contributed by atoms with Crippen LogP contribution in [0, 0.1) is 0 Å². The number of rotatable bonds is 7. The van der Waals surface area contributed by atoms with Gasteiger partial charge in [-0.1, -0.05) is 11.6 Å². The van der Waals surface area contributed by atoms with Crippen molar-refractivity contribution in [3.05, 3.63) is 53.9 Å². The Hall–Kier alpha value is -3.19. The van der Waals surface area contributed by atoms with Gasteiger partial charge >= 0.3 is 0 Å². The van der Waals surface area contributed by atoms with E-state index in [0.29, 0.717) is 23.0 Å². The van der Waals surface area contributed by atoms with Crippen molar-refractivity contribution in [2.45, 2.75) is 25.7 Å². The average Bonchev–Trinajstić information content (AvgIpc) is 3.06. The first-order chi connectivity index (χ1) is 14.7. The number of hydrogen-bond acceptors (Lipinski definition) is 7. The zero-order valence-electron chi connectivity index (χ0n) is 17.4. The van der Waals surface area contributed by atoms with Crippen LogP contribution in [0.25, 0.3) is 11.2 Å². The molecule has 7 nitrogen and oxygen atoms in total. The summed E-state index contributed by atoms with van der Waals surface area (Å²) in [7, 11) is 3.25. The van der Waals surface area contributed by atoms with Gasteiger partial charge in [-0.15, -0.1) is 0 Å². The van der Waals surface area contributed by atoms with E-state index in [2.05, 4.69) is 21.4 Å². The molecule has 0 saturated heterocycles. The summed E-state index contributed by atoms with van der Waals surface area (Å²) in [6, 6.07) is 9.41. The number of nitrogens with zero attached hydrogens (tertiary/aromatic N) is 3. The van der Waals surface area contributed by atoms with Crippen LogP contribution in [-0.4, -0.2) is 42.4 Å². The van der Waals surface area contributed by atoms with E-state index < -0.39 is 0 Å². The summed E-state index contributed by atoms with van der Waals surface area (Å²) in [6.07, 6.45) is 7.95. The van der Waals surface area contributed by atoms with Gasteiger partial charge < -0.3 is 19.5 Å². The van der Waals surface area contributed by atoms with Crippen molar-refractivity contribution >= 4 is 22.7 Å². The van der Waals surface area contributed by atoms with Crippen molar-refractivity contribution in [2.75, 3.05) is 32.8 Å². The summed E-state index contributed by atoms with van der Waals surface area (Å²) in [5.74, 6) is 2.10. The lowest BCUT2D eigenvalue weighted by atomic mass is 10.1. The van der Waals surface area contributed by atoms with Crippen molar-refractivity contribution in [3.8, 4) is 11.5 Å². The van der Waals surface area contributed by atoms with Gasteiger partial charge in [0.1, 0.15) is 22.8 Å². The van der Waals surface area contributed by atoms with Gasteiger partial charge in [-0.2, -0.15) is 0 Å². The zero-order chi connectivity index (χ0) is 20.8. The third-order valence-electron chi connectivity index (χ3n) is 5.05. The van der Waals surface area contributed by atoms with E-state index in [1.807, 2.05) is 36.5 Å². The molecule has 0 radical (unpaired) electrons. The quantitative estimate of drug-likeness (QED) is 0.581. The fourth-order valence-corrected chi connectivity index (χ4v) is 3.42. The maximum absolute atomic E-state index is 5.51. The highest BCUT2D eigenvalue weighted by molar-refractivity contribution is 5.73. The summed E-state index contributed by atoms with van der Waals surface area (Å²) in [5, 5.41) is 3.29. The van der Waals surface area contributed by atoms with Crippen molar-refractivity contribution in [2.24, 2.45) is 0 Å². The van der Waals surface area contributed by atoms with Gasteiger partial charge in [0, 0.05) is 30.1 Å². The molecule has 30 heavy (non-hydrogen) atoms. The molecule has 7 heteroatoms. The Labute approximate surface area is 176 Å². The maximum Gasteiger partial charge on any atom is 0.180 e. The molecule has 0 unspecified atom stereocenters. The molecule has 0 amide bonds. The fraction of sp³-hybridized carbons (Fsp3) is 0.348. The Morgan fingerprint density at radius 3 is 2.63 bits per heavy atom. The Balaban J connectivity index is 1.51. The molecular formula is C23H26N4O3. The van der Waals surface area contributed by atoms with Crippen LogP contribution in [0.5, 0.6) is 11.5 Å². The van der Waals surface area contributed by atoms with Crippen LogP contribution in [0.1, 0.15) is 25.0 Å². The molecule has 156 valence electrons. The monoisotopic (exact) mass is 406 g/mol. The summed E-state index contributed by atoms with van der Waals surface area (Å²) < 4.78 is 16.2. The van der Waals surface area contributed by atoms with Gasteiger partial charge in [0.15, 0.2) is 5.65 Å². The molecule has 0 saturated carbocycles. The second-order valence-corrected chi connectivity index (χ2v) is 7.14. The molecule has 1 N–H and O–H groups in total. The maximum atomic E-state index is 5.51. The standard InChI is InChI=1S/C23H26N4O3/c1-28-19-12-18(13-20(14-19)29-2)25-22-8-7-21-23(27-22)26-17(15-24-21)6-5-16-4-3-10-30-11-9-16/h4,7-8,12-15H,3,5-6,9-11H2,1-2H3,(H,25,26,27). The minimum atomic E-state index is 0.630. The summed E-state index contributed by atoms with van der Waals surface area (Å²) >= 11 is 0. The van der Waals surface area contributed by atoms with Crippen LogP contribution in [0.15, 0.2) is 48.2 Å². The van der Waals surface area contributed by atoms with Crippen LogP contribution < -0.4 is 14.8 Å². The van der Waals surface area contributed by atoms with Crippen LogP contribution in [0.3, 0.4) is 0 Å². The highest BCUT2D eigenvalue weighted by Gasteiger charge is 2.08. The van der Waals surface area contributed by atoms with Gasteiger partial charge in [-0.25, -0.2) is 9.97 Å². The Bertz CT molecular complexity index is 1030. The van der Waals surface area contributed by atoms with Crippen LogP contribution in [0.2, 0.25) is 0 Å². The third kappa shape index (κ3) is 5.04. The summed E-state index contributed by atoms with van der Waals surface area (Å²) in [6.45, 7) is 1.62. The van der Waals surface area contributed by atoms with Crippen LogP contribution in [0.4, 0.5) is 11.5 Å². The highest BCUT2D eigenvalue weighted by Crippen LogP contribution is 2.28. The van der Waals surface area contributed by atoms with Gasteiger partial charge in [0.05, 0.1) is 33.1 Å². The number of fused-ring (bicyclic) bond motifs is 1. The van der Waals surface area contributed by atoms with Gasteiger partial charge in [0.2, 0.25) is 0 Å².